The van der Waals surface area contributed by atoms with Crippen LogP contribution < -0.4 is 15.0 Å². The van der Waals surface area contributed by atoms with Gasteiger partial charge in [-0.3, -0.25) is 9.88 Å². The quantitative estimate of drug-likeness (QED) is 0.269. The van der Waals surface area contributed by atoms with Crippen LogP contribution in [0.5, 0.6) is 6.01 Å². The van der Waals surface area contributed by atoms with Crippen molar-refractivity contribution >= 4 is 44.7 Å². The Kier molecular flexibility index (Phi) is 7.01. The third-order valence-electron chi connectivity index (χ3n) is 10.3. The van der Waals surface area contributed by atoms with Gasteiger partial charge in [-0.2, -0.15) is 9.97 Å². The summed E-state index contributed by atoms with van der Waals surface area (Å²) in [6, 6.07) is 13.6. The summed E-state index contributed by atoms with van der Waals surface area (Å²) in [5.74, 6) is 0.892. The number of anilines is 1. The summed E-state index contributed by atoms with van der Waals surface area (Å²) in [6.45, 7) is 10.8. The van der Waals surface area contributed by atoms with Crippen molar-refractivity contribution in [1.29, 1.82) is 0 Å². The first-order valence-electron chi connectivity index (χ1n) is 15.9. The molecule has 8 nitrogen and oxygen atoms in total. The molecule has 4 aromatic rings. The Morgan fingerprint density at radius 2 is 1.91 bits per heavy atom. The second kappa shape index (κ2) is 10.9. The number of nitrogens with zero attached hydrogens (tertiary/aromatic N) is 5. The Bertz CT molecular complexity index is 1760. The summed E-state index contributed by atoms with van der Waals surface area (Å²) in [7, 11) is 1.81. The predicted octanol–water partition coefficient (Wildman–Crippen LogP) is 6.10. The van der Waals surface area contributed by atoms with Crippen molar-refractivity contribution in [3.63, 3.8) is 0 Å². The molecule has 6 heterocycles. The van der Waals surface area contributed by atoms with E-state index in [-0.39, 0.29) is 11.6 Å². The molecule has 3 unspecified atom stereocenters. The molecule has 1 N–H and O–H groups in total. The van der Waals surface area contributed by atoms with Crippen LogP contribution in [0.15, 0.2) is 49.2 Å². The van der Waals surface area contributed by atoms with Crippen LogP contribution in [0, 0.1) is 0 Å². The summed E-state index contributed by atoms with van der Waals surface area (Å²) in [5.41, 5.74) is 4.36. The van der Waals surface area contributed by atoms with Crippen LogP contribution in [0.1, 0.15) is 44.6 Å². The molecule has 4 fully saturated rings. The molecular weight excluding hydrogens is 572 g/mol. The molecule has 4 atom stereocenters. The Morgan fingerprint density at radius 3 is 2.68 bits per heavy atom. The number of allylic oxidation sites excluding steroid dienone is 1. The van der Waals surface area contributed by atoms with Gasteiger partial charge in [-0.05, 0) is 62.6 Å². The van der Waals surface area contributed by atoms with Crippen molar-refractivity contribution in [2.45, 2.75) is 62.8 Å². The first kappa shape index (κ1) is 28.2. The van der Waals surface area contributed by atoms with E-state index in [2.05, 4.69) is 46.0 Å². The third kappa shape index (κ3) is 4.66. The van der Waals surface area contributed by atoms with E-state index in [9.17, 15) is 0 Å². The number of nitrogens with one attached hydrogen (secondary N) is 1. The minimum atomic E-state index is -0.0341. The van der Waals surface area contributed by atoms with Gasteiger partial charge in [-0.15, -0.1) is 0 Å². The van der Waals surface area contributed by atoms with Gasteiger partial charge in [-0.1, -0.05) is 48.5 Å². The number of pyridine rings is 1. The summed E-state index contributed by atoms with van der Waals surface area (Å²) in [5, 5.41) is 7.42. The van der Waals surface area contributed by atoms with Crippen molar-refractivity contribution < 1.29 is 9.47 Å². The second-order valence-corrected chi connectivity index (χ2v) is 13.6. The van der Waals surface area contributed by atoms with Gasteiger partial charge in [0, 0.05) is 66.6 Å². The van der Waals surface area contributed by atoms with E-state index in [0.717, 1.165) is 88.9 Å². The molecule has 2 aromatic carbocycles. The lowest BCUT2D eigenvalue weighted by atomic mass is 9.94. The van der Waals surface area contributed by atoms with Crippen molar-refractivity contribution in [1.82, 2.24) is 25.2 Å². The number of aromatic nitrogens is 3. The lowest BCUT2D eigenvalue weighted by Crippen LogP contribution is -2.51. The third-order valence-corrected chi connectivity index (χ3v) is 10.6. The van der Waals surface area contributed by atoms with Gasteiger partial charge in [0.2, 0.25) is 0 Å². The fraction of sp³-hybridized carbons (Fsp3) is 0.457. The zero-order chi connectivity index (χ0) is 30.0. The average molecular weight is 611 g/mol. The number of hydrogen-bond acceptors (Lipinski definition) is 8. The van der Waals surface area contributed by atoms with Gasteiger partial charge in [0.1, 0.15) is 12.4 Å². The highest BCUT2D eigenvalue weighted by molar-refractivity contribution is 6.36. The summed E-state index contributed by atoms with van der Waals surface area (Å²) < 4.78 is 12.4. The van der Waals surface area contributed by atoms with Gasteiger partial charge >= 0.3 is 6.01 Å². The maximum Gasteiger partial charge on any atom is 0.319 e. The topological polar surface area (TPSA) is 75.6 Å². The van der Waals surface area contributed by atoms with Gasteiger partial charge in [-0.25, -0.2) is 0 Å². The number of ether oxygens (including phenoxy) is 2. The lowest BCUT2D eigenvalue weighted by molar-refractivity contribution is 0.0997. The van der Waals surface area contributed by atoms with Crippen molar-refractivity contribution in [2.75, 3.05) is 44.8 Å². The van der Waals surface area contributed by atoms with E-state index in [1.54, 1.807) is 0 Å². The smallest absolute Gasteiger partial charge is 0.319 e. The number of piperazine rings is 1. The SMILES string of the molecule is C=C(C)c1c(-c2cccc3cccc(Cl)c23)ncc2c(N3CC4CCC(C3)N4)nc(OCC34CCCN3C[C@H](OC)C4)nc12. The van der Waals surface area contributed by atoms with Gasteiger partial charge < -0.3 is 19.7 Å². The van der Waals surface area contributed by atoms with Crippen molar-refractivity contribution in [3.8, 4) is 17.3 Å². The van der Waals surface area contributed by atoms with Crippen LogP contribution in [0.25, 0.3) is 38.5 Å². The molecule has 0 spiro atoms. The lowest BCUT2D eigenvalue weighted by Gasteiger charge is -2.35. The molecule has 2 bridgehead atoms. The van der Waals surface area contributed by atoms with Crippen LogP contribution in [0.2, 0.25) is 5.02 Å². The standard InChI is InChI=1S/C35H39ClN6O2/c1-21(2)29-31(26-9-4-7-22-8-5-10-28(36)30(22)26)37-16-27-32(29)39-34(40-33(27)41-17-23-11-12-24(18-41)38-23)44-20-35-13-6-14-42(35)19-25(15-35)43-3/h4-5,7-10,16,23-25,38H,1,6,11-15,17-20H2,2-3H3/t23?,24?,25-,35?/m1/s1. The molecule has 2 aromatic heterocycles. The van der Waals surface area contributed by atoms with Crippen molar-refractivity contribution in [3.05, 3.63) is 59.8 Å². The van der Waals surface area contributed by atoms with E-state index in [1.165, 1.54) is 19.3 Å². The molecule has 228 valence electrons. The highest BCUT2D eigenvalue weighted by Crippen LogP contribution is 2.42. The maximum atomic E-state index is 6.79. The molecule has 4 saturated heterocycles. The summed E-state index contributed by atoms with van der Waals surface area (Å²) >= 11 is 6.79. The Labute approximate surface area is 263 Å². The molecule has 4 aliphatic rings. The Balaban J connectivity index is 1.28. The zero-order valence-electron chi connectivity index (χ0n) is 25.5. The van der Waals surface area contributed by atoms with Crippen LogP contribution in [0.4, 0.5) is 5.82 Å². The normalized spacial score (nSPS) is 26.5. The van der Waals surface area contributed by atoms with E-state index < -0.39 is 0 Å². The molecule has 0 aliphatic carbocycles. The highest BCUT2D eigenvalue weighted by atomic mass is 35.5. The molecule has 0 radical (unpaired) electrons. The summed E-state index contributed by atoms with van der Waals surface area (Å²) in [6.07, 6.45) is 7.80. The summed E-state index contributed by atoms with van der Waals surface area (Å²) in [4.78, 5) is 20.3. The molecule has 8 rings (SSSR count). The molecule has 44 heavy (non-hydrogen) atoms. The van der Waals surface area contributed by atoms with Crippen LogP contribution in [0.3, 0.4) is 0 Å². The van der Waals surface area contributed by atoms with Crippen LogP contribution in [-0.2, 0) is 4.74 Å². The molecular formula is C35H39ClN6O2. The largest absolute Gasteiger partial charge is 0.461 e. The van der Waals surface area contributed by atoms with Gasteiger partial charge in [0.15, 0.2) is 0 Å². The number of rotatable bonds is 7. The van der Waals surface area contributed by atoms with Crippen LogP contribution in [-0.4, -0.2) is 83.5 Å². The van der Waals surface area contributed by atoms with Gasteiger partial charge in [0.25, 0.3) is 0 Å². The number of benzene rings is 2. The van der Waals surface area contributed by atoms with Crippen molar-refractivity contribution in [2.24, 2.45) is 0 Å². The molecule has 9 heteroatoms. The van der Waals surface area contributed by atoms with Gasteiger partial charge in [0.05, 0.1) is 28.2 Å². The van der Waals surface area contributed by atoms with E-state index in [4.69, 9.17) is 36.0 Å². The highest BCUT2D eigenvalue weighted by Gasteiger charge is 2.49. The van der Waals surface area contributed by atoms with Crippen LogP contribution >= 0.6 is 11.6 Å². The average Bonchev–Trinajstić information content (AvgIpc) is 3.69. The second-order valence-electron chi connectivity index (χ2n) is 13.2. The number of halogens is 1. The molecule has 0 amide bonds. The minimum absolute atomic E-state index is 0.0341. The number of methoxy groups -OCH3 is 1. The first-order chi connectivity index (χ1) is 21.4. The fourth-order valence-corrected chi connectivity index (χ4v) is 8.54. The monoisotopic (exact) mass is 610 g/mol. The molecule has 0 saturated carbocycles. The maximum absolute atomic E-state index is 6.79. The number of fused-ring (bicyclic) bond motifs is 5. The first-order valence-corrected chi connectivity index (χ1v) is 16.3. The van der Waals surface area contributed by atoms with E-state index in [0.29, 0.717) is 29.7 Å². The minimum Gasteiger partial charge on any atom is -0.461 e. The van der Waals surface area contributed by atoms with E-state index in [1.807, 2.05) is 32.4 Å². The molecule has 4 aliphatic heterocycles. The Hall–Kier alpha value is -3.30. The number of hydrogen-bond donors (Lipinski definition) is 1. The fourth-order valence-electron chi connectivity index (χ4n) is 8.25. The predicted molar refractivity (Wildman–Crippen MR) is 177 cm³/mol. The zero-order valence-corrected chi connectivity index (χ0v) is 26.2. The van der Waals surface area contributed by atoms with E-state index >= 15 is 0 Å². The Morgan fingerprint density at radius 1 is 1.11 bits per heavy atom.